The van der Waals surface area contributed by atoms with Gasteiger partial charge < -0.3 is 19.0 Å². The van der Waals surface area contributed by atoms with Crippen molar-refractivity contribution in [2.75, 3.05) is 21.3 Å². The highest BCUT2D eigenvalue weighted by Gasteiger charge is 2.15. The van der Waals surface area contributed by atoms with Gasteiger partial charge >= 0.3 is 0 Å². The van der Waals surface area contributed by atoms with Crippen LogP contribution in [-0.4, -0.2) is 40.2 Å². The number of ether oxygens (including phenoxy) is 3. The van der Waals surface area contributed by atoms with Gasteiger partial charge in [-0.1, -0.05) is 6.08 Å². The zero-order chi connectivity index (χ0) is 15.7. The van der Waals surface area contributed by atoms with Gasteiger partial charge in [0.25, 0.3) is 0 Å². The van der Waals surface area contributed by atoms with Crippen LogP contribution in [0.2, 0.25) is 0 Å². The van der Waals surface area contributed by atoms with Crippen molar-refractivity contribution in [3.8, 4) is 17.2 Å². The van der Waals surface area contributed by atoms with Crippen LogP contribution in [0, 0.1) is 0 Å². The summed E-state index contributed by atoms with van der Waals surface area (Å²) < 4.78 is 15.8. The molecule has 21 heavy (non-hydrogen) atoms. The first-order valence-electron chi connectivity index (χ1n) is 6.15. The summed E-state index contributed by atoms with van der Waals surface area (Å²) in [6.07, 6.45) is 4.20. The Labute approximate surface area is 123 Å². The summed E-state index contributed by atoms with van der Waals surface area (Å²) in [4.78, 5) is 18.3. The number of aliphatic imine (C=N–C) groups is 2. The van der Waals surface area contributed by atoms with Crippen molar-refractivity contribution < 1.29 is 19.0 Å². The van der Waals surface area contributed by atoms with Crippen LogP contribution in [0.1, 0.15) is 12.0 Å². The summed E-state index contributed by atoms with van der Waals surface area (Å²) in [5, 5.41) is 0. The van der Waals surface area contributed by atoms with Crippen LogP contribution < -0.4 is 14.2 Å². The fraction of sp³-hybridized carbons (Fsp3) is 0.267. The Kier molecular flexibility index (Phi) is 6.67. The van der Waals surface area contributed by atoms with Crippen molar-refractivity contribution in [2.45, 2.75) is 6.42 Å². The summed E-state index contributed by atoms with van der Waals surface area (Å²) in [6, 6.07) is 3.45. The zero-order valence-corrected chi connectivity index (χ0v) is 12.3. The minimum atomic E-state index is 0.295. The molecule has 112 valence electrons. The number of carbonyl (C=O) groups excluding carboxylic acids is 1. The number of rotatable bonds is 7. The summed E-state index contributed by atoms with van der Waals surface area (Å²) in [5.41, 5.74) is 0.662. The van der Waals surface area contributed by atoms with Gasteiger partial charge in [-0.2, -0.15) is 0 Å². The number of allylic oxidation sites excluding steroid dienone is 1. The molecule has 0 aliphatic rings. The van der Waals surface area contributed by atoms with Gasteiger partial charge in [0.05, 0.1) is 21.3 Å². The molecule has 0 amide bonds. The Hall–Kier alpha value is -2.63. The normalized spacial score (nSPS) is 11.3. The second kappa shape index (κ2) is 8.52. The summed E-state index contributed by atoms with van der Waals surface area (Å²) in [7, 11) is 4.59. The fourth-order valence-electron chi connectivity index (χ4n) is 1.66. The quantitative estimate of drug-likeness (QED) is 0.439. The summed E-state index contributed by atoms with van der Waals surface area (Å²) >= 11 is 0. The smallest absolute Gasteiger partial charge is 0.203 e. The Morgan fingerprint density at radius 1 is 1.19 bits per heavy atom. The molecule has 0 radical (unpaired) electrons. The van der Waals surface area contributed by atoms with E-state index >= 15 is 0 Å². The molecule has 0 saturated heterocycles. The van der Waals surface area contributed by atoms with Gasteiger partial charge in [0.15, 0.2) is 17.3 Å². The molecule has 0 saturated carbocycles. The van der Waals surface area contributed by atoms with Crippen molar-refractivity contribution in [3.05, 3.63) is 30.0 Å². The second-order valence-electron chi connectivity index (χ2n) is 3.81. The van der Waals surface area contributed by atoms with Crippen LogP contribution in [0.5, 0.6) is 17.2 Å². The second-order valence-corrected chi connectivity index (χ2v) is 3.81. The number of hydrogen-bond acceptors (Lipinski definition) is 5. The highest BCUT2D eigenvalue weighted by atomic mass is 16.5. The molecule has 0 fully saturated rings. The minimum Gasteiger partial charge on any atom is -0.493 e. The predicted octanol–water partition coefficient (Wildman–Crippen LogP) is 2.26. The third kappa shape index (κ3) is 4.17. The molecule has 6 heteroatoms. The SMILES string of the molecule is C=NC(=N/C=C\CC=O)c1cc(OC)c(OC)c(OC)c1. The standard InChI is InChI=1S/C15H18N2O4/c1-16-15(17-7-5-6-8-18)11-9-12(19-2)14(21-4)13(10-11)20-3/h5,7-10H,1,6H2,2-4H3/b7-5-,17-15?. The van der Waals surface area contributed by atoms with E-state index in [1.54, 1.807) is 18.2 Å². The van der Waals surface area contributed by atoms with E-state index in [9.17, 15) is 4.79 Å². The van der Waals surface area contributed by atoms with Crippen LogP contribution in [-0.2, 0) is 4.79 Å². The number of amidine groups is 1. The molecule has 1 rings (SSSR count). The highest BCUT2D eigenvalue weighted by Crippen LogP contribution is 2.38. The first-order chi connectivity index (χ1) is 10.2. The van der Waals surface area contributed by atoms with Crippen molar-refractivity contribution in [3.63, 3.8) is 0 Å². The molecule has 0 aliphatic carbocycles. The van der Waals surface area contributed by atoms with E-state index in [1.807, 2.05) is 0 Å². The predicted molar refractivity (Wildman–Crippen MR) is 82.0 cm³/mol. The third-order valence-corrected chi connectivity index (χ3v) is 2.61. The first kappa shape index (κ1) is 16.4. The molecule has 0 spiro atoms. The Balaban J connectivity index is 3.27. The van der Waals surface area contributed by atoms with Crippen LogP contribution in [0.25, 0.3) is 0 Å². The number of carbonyl (C=O) groups is 1. The first-order valence-corrected chi connectivity index (χ1v) is 6.15. The molecule has 6 nitrogen and oxygen atoms in total. The van der Waals surface area contributed by atoms with E-state index in [-0.39, 0.29) is 0 Å². The van der Waals surface area contributed by atoms with Crippen molar-refractivity contribution >= 4 is 18.8 Å². The lowest BCUT2D eigenvalue weighted by atomic mass is 10.1. The molecule has 0 heterocycles. The molecular formula is C15H18N2O4. The maximum absolute atomic E-state index is 10.2. The van der Waals surface area contributed by atoms with Crippen LogP contribution in [0.4, 0.5) is 0 Å². The number of methoxy groups -OCH3 is 3. The number of nitrogens with zero attached hydrogens (tertiary/aromatic N) is 2. The molecule has 1 aromatic rings. The van der Waals surface area contributed by atoms with Gasteiger partial charge in [0.1, 0.15) is 6.29 Å². The van der Waals surface area contributed by atoms with E-state index < -0.39 is 0 Å². The highest BCUT2D eigenvalue weighted by molar-refractivity contribution is 6.02. The topological polar surface area (TPSA) is 69.5 Å². The van der Waals surface area contributed by atoms with E-state index in [1.165, 1.54) is 27.5 Å². The van der Waals surface area contributed by atoms with Gasteiger partial charge in [0, 0.05) is 18.2 Å². The maximum atomic E-state index is 10.2. The van der Waals surface area contributed by atoms with E-state index in [0.717, 1.165) is 6.29 Å². The molecule has 0 bridgehead atoms. The molecular weight excluding hydrogens is 272 g/mol. The van der Waals surface area contributed by atoms with Crippen molar-refractivity contribution in [2.24, 2.45) is 9.98 Å². The summed E-state index contributed by atoms with van der Waals surface area (Å²) in [6.45, 7) is 3.49. The van der Waals surface area contributed by atoms with Crippen molar-refractivity contribution in [1.29, 1.82) is 0 Å². The number of aldehydes is 1. The van der Waals surface area contributed by atoms with Gasteiger partial charge in [0.2, 0.25) is 5.75 Å². The lowest BCUT2D eigenvalue weighted by molar-refractivity contribution is -0.107. The Bertz CT molecular complexity index is 540. The minimum absolute atomic E-state index is 0.295. The number of benzene rings is 1. The van der Waals surface area contributed by atoms with E-state index in [0.29, 0.717) is 35.1 Å². The van der Waals surface area contributed by atoms with Crippen LogP contribution in [0.15, 0.2) is 34.4 Å². The Morgan fingerprint density at radius 2 is 1.81 bits per heavy atom. The maximum Gasteiger partial charge on any atom is 0.203 e. The lowest BCUT2D eigenvalue weighted by Crippen LogP contribution is -2.01. The Morgan fingerprint density at radius 3 is 2.24 bits per heavy atom. The monoisotopic (exact) mass is 290 g/mol. The fourth-order valence-corrected chi connectivity index (χ4v) is 1.66. The van der Waals surface area contributed by atoms with Gasteiger partial charge in [-0.05, 0) is 18.9 Å². The lowest BCUT2D eigenvalue weighted by Gasteiger charge is -2.13. The van der Waals surface area contributed by atoms with Gasteiger partial charge in [-0.15, -0.1) is 0 Å². The largest absolute Gasteiger partial charge is 0.493 e. The average Bonchev–Trinajstić information content (AvgIpc) is 2.53. The number of hydrogen-bond donors (Lipinski definition) is 0. The molecule has 0 aromatic heterocycles. The van der Waals surface area contributed by atoms with Gasteiger partial charge in [-0.25, -0.2) is 9.98 Å². The van der Waals surface area contributed by atoms with Crippen molar-refractivity contribution in [1.82, 2.24) is 0 Å². The van der Waals surface area contributed by atoms with Crippen LogP contribution in [0.3, 0.4) is 0 Å². The van der Waals surface area contributed by atoms with E-state index in [2.05, 4.69) is 16.7 Å². The third-order valence-electron chi connectivity index (χ3n) is 2.61. The summed E-state index contributed by atoms with van der Waals surface area (Å²) in [5.74, 6) is 1.88. The van der Waals surface area contributed by atoms with E-state index in [4.69, 9.17) is 14.2 Å². The van der Waals surface area contributed by atoms with Gasteiger partial charge in [-0.3, -0.25) is 0 Å². The molecule has 0 aliphatic heterocycles. The molecule has 0 atom stereocenters. The molecule has 0 N–H and O–H groups in total. The average molecular weight is 290 g/mol. The van der Waals surface area contributed by atoms with Crippen LogP contribution >= 0.6 is 0 Å². The molecule has 1 aromatic carbocycles. The molecule has 0 unspecified atom stereocenters. The zero-order valence-electron chi connectivity index (χ0n) is 12.3.